The summed E-state index contributed by atoms with van der Waals surface area (Å²) < 4.78 is 0. The zero-order chi connectivity index (χ0) is 12.3. The SMILES string of the molecule is CC(C)C(C)C(C(C)C)C1CCCCC1C. The summed E-state index contributed by atoms with van der Waals surface area (Å²) in [6.07, 6.45) is 5.90. The van der Waals surface area contributed by atoms with Gasteiger partial charge >= 0.3 is 0 Å². The van der Waals surface area contributed by atoms with E-state index in [0.29, 0.717) is 0 Å². The normalized spacial score (nSPS) is 30.8. The molecule has 0 bridgehead atoms. The van der Waals surface area contributed by atoms with Crippen LogP contribution >= 0.6 is 0 Å². The molecule has 16 heavy (non-hydrogen) atoms. The fraction of sp³-hybridized carbons (Fsp3) is 1.00. The van der Waals surface area contributed by atoms with Crippen LogP contribution in [-0.4, -0.2) is 0 Å². The first-order valence-corrected chi connectivity index (χ1v) is 7.45. The van der Waals surface area contributed by atoms with Gasteiger partial charge in [0, 0.05) is 0 Å². The Hall–Kier alpha value is 0. The van der Waals surface area contributed by atoms with Crippen LogP contribution < -0.4 is 0 Å². The summed E-state index contributed by atoms with van der Waals surface area (Å²) in [4.78, 5) is 0. The molecule has 96 valence electrons. The summed E-state index contributed by atoms with van der Waals surface area (Å²) in [5.41, 5.74) is 0. The van der Waals surface area contributed by atoms with Gasteiger partial charge in [0.25, 0.3) is 0 Å². The van der Waals surface area contributed by atoms with E-state index in [1.54, 1.807) is 0 Å². The Bertz CT molecular complexity index is 192. The van der Waals surface area contributed by atoms with Crippen LogP contribution in [0.15, 0.2) is 0 Å². The average molecular weight is 224 g/mol. The first-order chi connectivity index (χ1) is 7.45. The van der Waals surface area contributed by atoms with Crippen molar-refractivity contribution in [2.75, 3.05) is 0 Å². The number of hydrogen-bond donors (Lipinski definition) is 0. The molecule has 0 heterocycles. The van der Waals surface area contributed by atoms with Crippen LogP contribution in [0.25, 0.3) is 0 Å². The van der Waals surface area contributed by atoms with Crippen molar-refractivity contribution in [3.63, 3.8) is 0 Å². The topological polar surface area (TPSA) is 0 Å². The van der Waals surface area contributed by atoms with Crippen LogP contribution in [0.2, 0.25) is 0 Å². The van der Waals surface area contributed by atoms with Crippen molar-refractivity contribution >= 4 is 0 Å². The van der Waals surface area contributed by atoms with Gasteiger partial charge in [-0.05, 0) is 41.9 Å². The quantitative estimate of drug-likeness (QED) is 0.601. The van der Waals surface area contributed by atoms with Crippen molar-refractivity contribution in [1.29, 1.82) is 0 Å². The van der Waals surface area contributed by atoms with Crippen molar-refractivity contribution in [2.24, 2.45) is 35.5 Å². The summed E-state index contributed by atoms with van der Waals surface area (Å²) in [6.45, 7) is 14.6. The third-order valence-corrected chi connectivity index (χ3v) is 5.10. The van der Waals surface area contributed by atoms with E-state index in [0.717, 1.165) is 35.5 Å². The van der Waals surface area contributed by atoms with Crippen molar-refractivity contribution in [3.8, 4) is 0 Å². The van der Waals surface area contributed by atoms with Crippen LogP contribution in [0.3, 0.4) is 0 Å². The molecular weight excluding hydrogens is 192 g/mol. The maximum atomic E-state index is 2.49. The zero-order valence-electron chi connectivity index (χ0n) is 12.3. The molecule has 0 aromatic rings. The predicted octanol–water partition coefficient (Wildman–Crippen LogP) is 5.38. The van der Waals surface area contributed by atoms with Gasteiger partial charge < -0.3 is 0 Å². The van der Waals surface area contributed by atoms with Crippen molar-refractivity contribution in [1.82, 2.24) is 0 Å². The second kappa shape index (κ2) is 6.07. The molecule has 0 radical (unpaired) electrons. The first kappa shape index (κ1) is 14.1. The molecule has 0 saturated heterocycles. The van der Waals surface area contributed by atoms with E-state index in [9.17, 15) is 0 Å². The second-order valence-corrected chi connectivity index (χ2v) is 6.85. The van der Waals surface area contributed by atoms with Crippen LogP contribution in [0.4, 0.5) is 0 Å². The highest BCUT2D eigenvalue weighted by Crippen LogP contribution is 2.43. The van der Waals surface area contributed by atoms with E-state index in [-0.39, 0.29) is 0 Å². The second-order valence-electron chi connectivity index (χ2n) is 6.85. The third-order valence-electron chi connectivity index (χ3n) is 5.10. The fourth-order valence-corrected chi connectivity index (χ4v) is 3.85. The van der Waals surface area contributed by atoms with Crippen molar-refractivity contribution < 1.29 is 0 Å². The molecule has 1 saturated carbocycles. The summed E-state index contributed by atoms with van der Waals surface area (Å²) >= 11 is 0. The average Bonchev–Trinajstić information content (AvgIpc) is 2.20. The Morgan fingerprint density at radius 3 is 1.81 bits per heavy atom. The monoisotopic (exact) mass is 224 g/mol. The van der Waals surface area contributed by atoms with E-state index in [2.05, 4.69) is 41.5 Å². The minimum Gasteiger partial charge on any atom is -0.0625 e. The van der Waals surface area contributed by atoms with Crippen molar-refractivity contribution in [2.45, 2.75) is 67.2 Å². The summed E-state index contributed by atoms with van der Waals surface area (Å²) in [7, 11) is 0. The van der Waals surface area contributed by atoms with Crippen LogP contribution in [0, 0.1) is 35.5 Å². The lowest BCUT2D eigenvalue weighted by molar-refractivity contribution is 0.0728. The lowest BCUT2D eigenvalue weighted by Crippen LogP contribution is -2.34. The highest BCUT2D eigenvalue weighted by atomic mass is 14.4. The van der Waals surface area contributed by atoms with E-state index in [1.165, 1.54) is 25.7 Å². The molecule has 0 aromatic carbocycles. The predicted molar refractivity (Wildman–Crippen MR) is 73.5 cm³/mol. The van der Waals surface area contributed by atoms with Gasteiger partial charge in [0.15, 0.2) is 0 Å². The Kier molecular flexibility index (Phi) is 5.34. The summed E-state index contributed by atoms with van der Waals surface area (Å²) in [6, 6.07) is 0. The standard InChI is InChI=1S/C16H32/c1-11(2)14(6)16(12(3)4)15-10-8-7-9-13(15)5/h11-16H,7-10H2,1-6H3. The van der Waals surface area contributed by atoms with Crippen LogP contribution in [-0.2, 0) is 0 Å². The highest BCUT2D eigenvalue weighted by Gasteiger charge is 2.35. The van der Waals surface area contributed by atoms with Crippen molar-refractivity contribution in [3.05, 3.63) is 0 Å². The molecule has 0 spiro atoms. The number of rotatable bonds is 4. The first-order valence-electron chi connectivity index (χ1n) is 7.45. The van der Waals surface area contributed by atoms with Crippen LogP contribution in [0.1, 0.15) is 67.2 Å². The molecule has 0 aliphatic heterocycles. The summed E-state index contributed by atoms with van der Waals surface area (Å²) in [5.74, 6) is 5.46. The minimum atomic E-state index is 0.835. The molecule has 4 atom stereocenters. The Morgan fingerprint density at radius 1 is 0.812 bits per heavy atom. The highest BCUT2D eigenvalue weighted by molar-refractivity contribution is 4.84. The molecule has 0 aromatic heterocycles. The Balaban J connectivity index is 2.75. The maximum absolute atomic E-state index is 2.49. The molecule has 4 unspecified atom stereocenters. The Morgan fingerprint density at radius 2 is 1.38 bits per heavy atom. The van der Waals surface area contributed by atoms with Gasteiger partial charge in [-0.3, -0.25) is 0 Å². The van der Waals surface area contributed by atoms with Gasteiger partial charge in [0.1, 0.15) is 0 Å². The maximum Gasteiger partial charge on any atom is -0.0332 e. The molecule has 0 N–H and O–H groups in total. The van der Waals surface area contributed by atoms with E-state index < -0.39 is 0 Å². The molecular formula is C16H32. The lowest BCUT2D eigenvalue weighted by Gasteiger charge is -2.42. The van der Waals surface area contributed by atoms with Gasteiger partial charge in [-0.25, -0.2) is 0 Å². The molecule has 1 fully saturated rings. The Labute approximate surface area is 103 Å². The fourth-order valence-electron chi connectivity index (χ4n) is 3.85. The van der Waals surface area contributed by atoms with Crippen LogP contribution in [0.5, 0.6) is 0 Å². The molecule has 1 aliphatic carbocycles. The van der Waals surface area contributed by atoms with Gasteiger partial charge in [0.05, 0.1) is 0 Å². The number of hydrogen-bond acceptors (Lipinski definition) is 0. The third kappa shape index (κ3) is 3.25. The van der Waals surface area contributed by atoms with E-state index in [4.69, 9.17) is 0 Å². The van der Waals surface area contributed by atoms with E-state index >= 15 is 0 Å². The minimum absolute atomic E-state index is 0.835. The molecule has 1 rings (SSSR count). The van der Waals surface area contributed by atoms with Gasteiger partial charge in [-0.15, -0.1) is 0 Å². The molecule has 1 aliphatic rings. The van der Waals surface area contributed by atoms with Gasteiger partial charge in [-0.2, -0.15) is 0 Å². The smallest absolute Gasteiger partial charge is 0.0332 e. The summed E-state index contributed by atoms with van der Waals surface area (Å²) in [5, 5.41) is 0. The molecule has 0 amide bonds. The molecule has 0 nitrogen and oxygen atoms in total. The lowest BCUT2D eigenvalue weighted by atomic mass is 9.63. The zero-order valence-corrected chi connectivity index (χ0v) is 12.3. The van der Waals surface area contributed by atoms with E-state index in [1.807, 2.05) is 0 Å². The molecule has 0 heteroatoms. The van der Waals surface area contributed by atoms with Gasteiger partial charge in [0.2, 0.25) is 0 Å². The largest absolute Gasteiger partial charge is 0.0625 e. The van der Waals surface area contributed by atoms with Gasteiger partial charge in [-0.1, -0.05) is 60.8 Å².